The van der Waals surface area contributed by atoms with Gasteiger partial charge in [-0.15, -0.1) is 0 Å². The minimum absolute atomic E-state index is 0.128. The molecule has 7 nitrogen and oxygen atoms in total. The Morgan fingerprint density at radius 2 is 1.97 bits per heavy atom. The first kappa shape index (κ1) is 23.1. The summed E-state index contributed by atoms with van der Waals surface area (Å²) in [5.41, 5.74) is 1.59. The molecule has 0 aliphatic carbocycles. The van der Waals surface area contributed by atoms with Crippen LogP contribution in [0.1, 0.15) is 29.8 Å². The molecular formula is C22H21IN2O5S. The Morgan fingerprint density at radius 3 is 2.55 bits per heavy atom. The van der Waals surface area contributed by atoms with Crippen molar-refractivity contribution in [3.63, 3.8) is 0 Å². The molecule has 0 bridgehead atoms. The van der Waals surface area contributed by atoms with E-state index in [1.165, 1.54) is 23.9 Å². The number of carboxylic acid groups (broad SMARTS) is 1. The number of rotatable bonds is 7. The van der Waals surface area contributed by atoms with E-state index in [0.29, 0.717) is 40.4 Å². The van der Waals surface area contributed by atoms with Gasteiger partial charge in [0.15, 0.2) is 16.7 Å². The molecular weight excluding hydrogens is 531 g/mol. The fraction of sp³-hybridized carbons (Fsp3) is 0.227. The number of aliphatic imine (C=N–C) groups is 1. The first-order chi connectivity index (χ1) is 14.9. The molecule has 1 aliphatic rings. The molecule has 1 N–H and O–H groups in total. The Morgan fingerprint density at radius 1 is 1.26 bits per heavy atom. The molecule has 0 unspecified atom stereocenters. The standard InChI is InChI=1S/C22H21IN2O5S/c1-4-25-20(26)18(12-13-10-16(23)19(30-5-2)17(11-13)29-3)31-22(25)24-15-8-6-14(7-9-15)21(27)28/h6-12H,4-5H2,1-3H3,(H,27,28)/b18-12-,24-22?. The first-order valence-electron chi connectivity index (χ1n) is 9.51. The van der Waals surface area contributed by atoms with Gasteiger partial charge in [-0.25, -0.2) is 9.79 Å². The van der Waals surface area contributed by atoms with Crippen molar-refractivity contribution in [3.05, 3.63) is 56.0 Å². The zero-order valence-electron chi connectivity index (χ0n) is 17.2. The molecule has 0 aromatic heterocycles. The lowest BCUT2D eigenvalue weighted by atomic mass is 10.2. The van der Waals surface area contributed by atoms with Gasteiger partial charge in [-0.1, -0.05) is 0 Å². The fourth-order valence-electron chi connectivity index (χ4n) is 2.92. The second kappa shape index (κ2) is 10.2. The maximum atomic E-state index is 12.9. The predicted octanol–water partition coefficient (Wildman–Crippen LogP) is 5.02. The molecule has 1 aliphatic heterocycles. The van der Waals surface area contributed by atoms with Crippen molar-refractivity contribution in [2.45, 2.75) is 13.8 Å². The van der Waals surface area contributed by atoms with Crippen LogP contribution in [0.15, 0.2) is 46.3 Å². The SMILES string of the molecule is CCOc1c(I)cc(/C=C2\SC(=Nc3ccc(C(=O)O)cc3)N(CC)C2=O)cc1OC. The van der Waals surface area contributed by atoms with Crippen molar-refractivity contribution >= 4 is 63.2 Å². The number of aromatic carboxylic acids is 1. The number of amides is 1. The number of ether oxygens (including phenoxy) is 2. The fourth-order valence-corrected chi connectivity index (χ4v) is 4.76. The lowest BCUT2D eigenvalue weighted by molar-refractivity contribution is -0.122. The molecule has 0 saturated carbocycles. The summed E-state index contributed by atoms with van der Waals surface area (Å²) in [4.78, 5) is 30.6. The van der Waals surface area contributed by atoms with Crippen molar-refractivity contribution in [3.8, 4) is 11.5 Å². The van der Waals surface area contributed by atoms with Crippen LogP contribution in [0, 0.1) is 3.57 Å². The van der Waals surface area contributed by atoms with Gasteiger partial charge in [-0.3, -0.25) is 9.69 Å². The molecule has 0 atom stereocenters. The Bertz CT molecular complexity index is 1070. The van der Waals surface area contributed by atoms with E-state index in [2.05, 4.69) is 27.6 Å². The number of hydrogen-bond donors (Lipinski definition) is 1. The van der Waals surface area contributed by atoms with Gasteiger partial charge in [0.1, 0.15) is 0 Å². The highest BCUT2D eigenvalue weighted by Gasteiger charge is 2.32. The lowest BCUT2D eigenvalue weighted by Crippen LogP contribution is -2.28. The van der Waals surface area contributed by atoms with Crippen molar-refractivity contribution in [2.24, 2.45) is 4.99 Å². The van der Waals surface area contributed by atoms with Crippen LogP contribution in [0.25, 0.3) is 6.08 Å². The highest BCUT2D eigenvalue weighted by Crippen LogP contribution is 2.38. The van der Waals surface area contributed by atoms with E-state index in [4.69, 9.17) is 14.6 Å². The molecule has 1 heterocycles. The predicted molar refractivity (Wildman–Crippen MR) is 130 cm³/mol. The third kappa shape index (κ3) is 5.21. The van der Waals surface area contributed by atoms with Crippen LogP contribution in [-0.4, -0.2) is 47.3 Å². The van der Waals surface area contributed by atoms with Gasteiger partial charge in [0.2, 0.25) is 0 Å². The summed E-state index contributed by atoms with van der Waals surface area (Å²) >= 11 is 3.47. The number of likely N-dealkylation sites (N-methyl/N-ethyl adjacent to an activating group) is 1. The van der Waals surface area contributed by atoms with Crippen molar-refractivity contribution in [1.82, 2.24) is 4.90 Å². The van der Waals surface area contributed by atoms with Gasteiger partial charge < -0.3 is 14.6 Å². The van der Waals surface area contributed by atoms with Gasteiger partial charge in [0.05, 0.1) is 33.4 Å². The molecule has 2 aromatic rings. The van der Waals surface area contributed by atoms with Crippen LogP contribution >= 0.6 is 34.4 Å². The third-order valence-electron chi connectivity index (χ3n) is 4.38. The topological polar surface area (TPSA) is 88.4 Å². The maximum absolute atomic E-state index is 12.9. The molecule has 9 heteroatoms. The summed E-state index contributed by atoms with van der Waals surface area (Å²) in [5.74, 6) is 0.165. The quantitative estimate of drug-likeness (QED) is 0.384. The summed E-state index contributed by atoms with van der Waals surface area (Å²) in [5, 5.41) is 9.59. The number of thioether (sulfide) groups is 1. The van der Waals surface area contributed by atoms with Crippen molar-refractivity contribution < 1.29 is 24.2 Å². The lowest BCUT2D eigenvalue weighted by Gasteiger charge is -2.12. The largest absolute Gasteiger partial charge is 0.493 e. The van der Waals surface area contributed by atoms with E-state index >= 15 is 0 Å². The van der Waals surface area contributed by atoms with E-state index < -0.39 is 5.97 Å². The zero-order chi connectivity index (χ0) is 22.5. The first-order valence-corrected chi connectivity index (χ1v) is 11.4. The monoisotopic (exact) mass is 552 g/mol. The Hall–Kier alpha value is -2.53. The van der Waals surface area contributed by atoms with Crippen LogP contribution in [0.3, 0.4) is 0 Å². The van der Waals surface area contributed by atoms with Gasteiger partial charge in [-0.05, 0) is 96.2 Å². The summed E-state index contributed by atoms with van der Waals surface area (Å²) in [7, 11) is 1.58. The number of nitrogens with zero attached hydrogens (tertiary/aromatic N) is 2. The van der Waals surface area contributed by atoms with Crippen LogP contribution in [0.5, 0.6) is 11.5 Å². The smallest absolute Gasteiger partial charge is 0.335 e. The molecule has 1 saturated heterocycles. The Balaban J connectivity index is 1.93. The van der Waals surface area contributed by atoms with E-state index in [-0.39, 0.29) is 11.5 Å². The van der Waals surface area contributed by atoms with Gasteiger partial charge >= 0.3 is 5.97 Å². The van der Waals surface area contributed by atoms with Gasteiger partial charge in [-0.2, -0.15) is 0 Å². The normalized spacial score (nSPS) is 16.3. The second-order valence-electron chi connectivity index (χ2n) is 6.37. The van der Waals surface area contributed by atoms with Crippen LogP contribution < -0.4 is 9.47 Å². The van der Waals surface area contributed by atoms with Crippen LogP contribution in [0.4, 0.5) is 5.69 Å². The number of amidine groups is 1. The summed E-state index contributed by atoms with van der Waals surface area (Å²) in [6.45, 7) is 4.79. The van der Waals surface area contributed by atoms with E-state index in [1.54, 1.807) is 24.1 Å². The third-order valence-corrected chi connectivity index (χ3v) is 6.19. The molecule has 3 rings (SSSR count). The van der Waals surface area contributed by atoms with E-state index in [0.717, 1.165) is 9.13 Å². The molecule has 1 fully saturated rings. The van der Waals surface area contributed by atoms with Crippen molar-refractivity contribution in [2.75, 3.05) is 20.3 Å². The summed E-state index contributed by atoms with van der Waals surface area (Å²) < 4.78 is 12.0. The van der Waals surface area contributed by atoms with Gasteiger partial charge in [0, 0.05) is 6.54 Å². The van der Waals surface area contributed by atoms with E-state index in [1.807, 2.05) is 32.1 Å². The minimum Gasteiger partial charge on any atom is -0.493 e. The van der Waals surface area contributed by atoms with E-state index in [9.17, 15) is 9.59 Å². The van der Waals surface area contributed by atoms with Gasteiger partial charge in [0.25, 0.3) is 5.91 Å². The number of carboxylic acids is 1. The number of methoxy groups -OCH3 is 1. The molecule has 31 heavy (non-hydrogen) atoms. The average molecular weight is 552 g/mol. The Kier molecular flexibility index (Phi) is 7.60. The van der Waals surface area contributed by atoms with Crippen molar-refractivity contribution in [1.29, 1.82) is 0 Å². The highest BCUT2D eigenvalue weighted by molar-refractivity contribution is 14.1. The average Bonchev–Trinajstić information content (AvgIpc) is 3.04. The molecule has 0 radical (unpaired) electrons. The number of benzene rings is 2. The molecule has 162 valence electrons. The second-order valence-corrected chi connectivity index (χ2v) is 8.54. The Labute approximate surface area is 198 Å². The van der Waals surface area contributed by atoms with Crippen LogP contribution in [0.2, 0.25) is 0 Å². The molecule has 1 amide bonds. The zero-order valence-corrected chi connectivity index (χ0v) is 20.2. The number of halogens is 1. The molecule has 0 spiro atoms. The number of carbonyl (C=O) groups is 2. The summed E-state index contributed by atoms with van der Waals surface area (Å²) in [6, 6.07) is 10.00. The van der Waals surface area contributed by atoms with Crippen LogP contribution in [-0.2, 0) is 4.79 Å². The summed E-state index contributed by atoms with van der Waals surface area (Å²) in [6.07, 6.45) is 1.81. The maximum Gasteiger partial charge on any atom is 0.335 e. The molecule has 2 aromatic carbocycles. The number of hydrogen-bond acceptors (Lipinski definition) is 6. The number of carbonyl (C=O) groups excluding carboxylic acids is 1. The highest BCUT2D eigenvalue weighted by atomic mass is 127. The minimum atomic E-state index is -0.995.